The van der Waals surface area contributed by atoms with E-state index in [1.54, 1.807) is 14.2 Å². The number of rotatable bonds is 8. The summed E-state index contributed by atoms with van der Waals surface area (Å²) in [5.74, 6) is 1.35. The molecule has 4 heteroatoms. The minimum Gasteiger partial charge on any atom is -0.493 e. The number of ether oxygens (including phenoxy) is 2. The van der Waals surface area contributed by atoms with Crippen LogP contribution in [0.5, 0.6) is 11.5 Å². The molecule has 2 atom stereocenters. The summed E-state index contributed by atoms with van der Waals surface area (Å²) in [6.07, 6.45) is -0.127. The first-order valence-corrected chi connectivity index (χ1v) is 10.8. The summed E-state index contributed by atoms with van der Waals surface area (Å²) in [4.78, 5) is 0. The fourth-order valence-electron chi connectivity index (χ4n) is 3.97. The number of anilines is 1. The van der Waals surface area contributed by atoms with E-state index in [1.165, 1.54) is 5.56 Å². The molecule has 0 heterocycles. The fourth-order valence-corrected chi connectivity index (χ4v) is 3.97. The van der Waals surface area contributed by atoms with Crippen molar-refractivity contribution in [2.75, 3.05) is 19.5 Å². The average Bonchev–Trinajstić information content (AvgIpc) is 2.84. The van der Waals surface area contributed by atoms with Crippen molar-refractivity contribution in [2.45, 2.75) is 25.5 Å². The average molecular weight is 428 g/mol. The third-order valence-corrected chi connectivity index (χ3v) is 5.82. The lowest BCUT2D eigenvalue weighted by Crippen LogP contribution is -2.15. The highest BCUT2D eigenvalue weighted by molar-refractivity contribution is 5.83. The maximum absolute atomic E-state index is 11.2. The lowest BCUT2D eigenvalue weighted by Gasteiger charge is -2.24. The summed E-state index contributed by atoms with van der Waals surface area (Å²) in [7, 11) is 3.26. The largest absolute Gasteiger partial charge is 0.493 e. The smallest absolute Gasteiger partial charge is 0.161 e. The Balaban J connectivity index is 1.65. The molecule has 0 bridgehead atoms. The predicted octanol–water partition coefficient (Wildman–Crippen LogP) is 6.44. The summed E-state index contributed by atoms with van der Waals surface area (Å²) in [6, 6.07) is 28.4. The van der Waals surface area contributed by atoms with E-state index in [0.29, 0.717) is 17.9 Å². The maximum Gasteiger partial charge on any atom is 0.161 e. The number of hydrogen-bond acceptors (Lipinski definition) is 4. The molecule has 2 unspecified atom stereocenters. The first kappa shape index (κ1) is 21.7. The molecule has 4 rings (SSSR count). The number of hydrogen-bond donors (Lipinski definition) is 2. The number of benzene rings is 4. The first-order chi connectivity index (χ1) is 15.6. The van der Waals surface area contributed by atoms with Gasteiger partial charge in [-0.3, -0.25) is 0 Å². The number of aliphatic hydroxyl groups excluding tert-OH is 1. The van der Waals surface area contributed by atoms with Crippen molar-refractivity contribution >= 4 is 16.5 Å². The zero-order chi connectivity index (χ0) is 22.5. The van der Waals surface area contributed by atoms with Gasteiger partial charge in [0.05, 0.1) is 26.4 Å². The van der Waals surface area contributed by atoms with Crippen LogP contribution in [0.15, 0.2) is 84.9 Å². The SMILES string of the molecule is COc1ccc(C(CC(O)c2ccc3ccccc3c2)Nc2ccc(C)cc2)cc1OC. The highest BCUT2D eigenvalue weighted by Crippen LogP contribution is 2.35. The van der Waals surface area contributed by atoms with Crippen molar-refractivity contribution in [1.29, 1.82) is 0 Å². The molecule has 0 aliphatic rings. The zero-order valence-electron chi connectivity index (χ0n) is 18.7. The Hall–Kier alpha value is -3.50. The number of aliphatic hydroxyl groups is 1. The van der Waals surface area contributed by atoms with Crippen LogP contribution in [0.4, 0.5) is 5.69 Å². The third-order valence-electron chi connectivity index (χ3n) is 5.82. The standard InChI is InChI=1S/C28H29NO3/c1-19-8-13-24(14-9-19)29-25(22-12-15-27(31-2)28(17-22)32-3)18-26(30)23-11-10-20-6-4-5-7-21(20)16-23/h4-17,25-26,29-30H,18H2,1-3H3. The van der Waals surface area contributed by atoms with Gasteiger partial charge in [-0.25, -0.2) is 0 Å². The third kappa shape index (κ3) is 4.87. The van der Waals surface area contributed by atoms with E-state index in [0.717, 1.165) is 27.6 Å². The van der Waals surface area contributed by atoms with Crippen molar-refractivity contribution in [3.63, 3.8) is 0 Å². The van der Waals surface area contributed by atoms with Gasteiger partial charge in [0, 0.05) is 12.1 Å². The first-order valence-electron chi connectivity index (χ1n) is 10.8. The minimum absolute atomic E-state index is 0.126. The van der Waals surface area contributed by atoms with E-state index < -0.39 is 6.10 Å². The molecular weight excluding hydrogens is 398 g/mol. The van der Waals surface area contributed by atoms with E-state index in [4.69, 9.17) is 9.47 Å². The van der Waals surface area contributed by atoms with Crippen LogP contribution in [0.1, 0.15) is 35.3 Å². The van der Waals surface area contributed by atoms with Gasteiger partial charge in [-0.2, -0.15) is 0 Å². The van der Waals surface area contributed by atoms with E-state index in [2.05, 4.69) is 60.8 Å². The Kier molecular flexibility index (Phi) is 6.62. The topological polar surface area (TPSA) is 50.7 Å². The Morgan fingerprint density at radius 2 is 1.44 bits per heavy atom. The molecule has 0 radical (unpaired) electrons. The molecule has 164 valence electrons. The second-order valence-electron chi connectivity index (χ2n) is 8.04. The Labute approximate surface area is 189 Å². The van der Waals surface area contributed by atoms with Crippen molar-refractivity contribution in [3.05, 3.63) is 102 Å². The van der Waals surface area contributed by atoms with Gasteiger partial charge in [-0.15, -0.1) is 0 Å². The number of aryl methyl sites for hydroxylation is 1. The molecule has 0 amide bonds. The fraction of sp³-hybridized carbons (Fsp3) is 0.214. The second kappa shape index (κ2) is 9.75. The van der Waals surface area contributed by atoms with Crippen LogP contribution >= 0.6 is 0 Å². The summed E-state index contributed by atoms with van der Waals surface area (Å²) in [5.41, 5.74) is 4.12. The Morgan fingerprint density at radius 3 is 2.16 bits per heavy atom. The van der Waals surface area contributed by atoms with Gasteiger partial charge >= 0.3 is 0 Å². The van der Waals surface area contributed by atoms with Crippen LogP contribution in [0.25, 0.3) is 10.8 Å². The summed E-state index contributed by atoms with van der Waals surface area (Å²) in [6.45, 7) is 2.07. The summed E-state index contributed by atoms with van der Waals surface area (Å²) < 4.78 is 10.9. The zero-order valence-corrected chi connectivity index (χ0v) is 18.7. The summed E-state index contributed by atoms with van der Waals surface area (Å²) in [5, 5.41) is 17.0. The monoisotopic (exact) mass is 427 g/mol. The lowest BCUT2D eigenvalue weighted by molar-refractivity contribution is 0.161. The van der Waals surface area contributed by atoms with Crippen molar-refractivity contribution < 1.29 is 14.6 Å². The number of nitrogens with one attached hydrogen (secondary N) is 1. The molecule has 2 N–H and O–H groups in total. The van der Waals surface area contributed by atoms with Gasteiger partial charge in [-0.1, -0.05) is 60.2 Å². The van der Waals surface area contributed by atoms with E-state index in [-0.39, 0.29) is 6.04 Å². The lowest BCUT2D eigenvalue weighted by atomic mass is 9.94. The Morgan fingerprint density at radius 1 is 0.750 bits per heavy atom. The van der Waals surface area contributed by atoms with Gasteiger partial charge in [-0.05, 0) is 59.2 Å². The quantitative estimate of drug-likeness (QED) is 0.340. The second-order valence-corrected chi connectivity index (χ2v) is 8.04. The normalized spacial score (nSPS) is 12.9. The molecule has 0 saturated heterocycles. The highest BCUT2D eigenvalue weighted by Gasteiger charge is 2.20. The van der Waals surface area contributed by atoms with Gasteiger partial charge in [0.2, 0.25) is 0 Å². The summed E-state index contributed by atoms with van der Waals surface area (Å²) >= 11 is 0. The van der Waals surface area contributed by atoms with Crippen molar-refractivity contribution in [1.82, 2.24) is 0 Å². The minimum atomic E-state index is -0.629. The molecule has 0 aromatic heterocycles. The Bertz CT molecular complexity index is 1190. The molecular formula is C28H29NO3. The molecule has 0 fully saturated rings. The van der Waals surface area contributed by atoms with E-state index >= 15 is 0 Å². The maximum atomic E-state index is 11.2. The number of methoxy groups -OCH3 is 2. The van der Waals surface area contributed by atoms with E-state index in [1.807, 2.05) is 36.4 Å². The van der Waals surface area contributed by atoms with Crippen LogP contribution in [-0.4, -0.2) is 19.3 Å². The molecule has 32 heavy (non-hydrogen) atoms. The van der Waals surface area contributed by atoms with Gasteiger partial charge in [0.1, 0.15) is 0 Å². The molecule has 4 nitrogen and oxygen atoms in total. The molecule has 4 aromatic rings. The van der Waals surface area contributed by atoms with Crippen LogP contribution in [0.2, 0.25) is 0 Å². The number of fused-ring (bicyclic) bond motifs is 1. The molecule has 0 aliphatic heterocycles. The molecule has 0 spiro atoms. The molecule has 0 saturated carbocycles. The van der Waals surface area contributed by atoms with Crippen LogP contribution < -0.4 is 14.8 Å². The highest BCUT2D eigenvalue weighted by atomic mass is 16.5. The van der Waals surface area contributed by atoms with E-state index in [9.17, 15) is 5.11 Å². The van der Waals surface area contributed by atoms with Crippen molar-refractivity contribution in [2.24, 2.45) is 0 Å². The van der Waals surface area contributed by atoms with Crippen LogP contribution in [-0.2, 0) is 0 Å². The molecule has 4 aromatic carbocycles. The van der Waals surface area contributed by atoms with Gasteiger partial charge in [0.25, 0.3) is 0 Å². The van der Waals surface area contributed by atoms with Gasteiger partial charge < -0.3 is 19.9 Å². The van der Waals surface area contributed by atoms with Crippen LogP contribution in [0, 0.1) is 6.92 Å². The predicted molar refractivity (Wildman–Crippen MR) is 131 cm³/mol. The van der Waals surface area contributed by atoms with Crippen LogP contribution in [0.3, 0.4) is 0 Å². The van der Waals surface area contributed by atoms with Crippen molar-refractivity contribution in [3.8, 4) is 11.5 Å². The molecule has 0 aliphatic carbocycles. The van der Waals surface area contributed by atoms with Gasteiger partial charge in [0.15, 0.2) is 11.5 Å².